The molecular weight excluding hydrogens is 392 g/mol. The molecule has 1 aromatic carbocycles. The summed E-state index contributed by atoms with van der Waals surface area (Å²) in [4.78, 5) is 0. The molecular formula is C29H42N2O. The molecule has 0 saturated heterocycles. The molecule has 0 aromatic heterocycles. The number of benzene rings is 1. The Labute approximate surface area is 195 Å². The van der Waals surface area contributed by atoms with Gasteiger partial charge in [-0.2, -0.15) is 5.26 Å². The molecule has 0 spiro atoms. The lowest BCUT2D eigenvalue weighted by Crippen LogP contribution is -2.50. The highest BCUT2D eigenvalue weighted by atomic mass is 16.5. The first-order chi connectivity index (χ1) is 15.5. The van der Waals surface area contributed by atoms with Crippen LogP contribution in [0, 0.1) is 58.2 Å². The average Bonchev–Trinajstić information content (AvgIpc) is 3.17. The summed E-state index contributed by atoms with van der Waals surface area (Å²) in [6.45, 7) is 6.02. The molecule has 3 unspecified atom stereocenters. The molecule has 9 atom stereocenters. The second kappa shape index (κ2) is 9.02. The second-order valence-corrected chi connectivity index (χ2v) is 11.9. The van der Waals surface area contributed by atoms with Crippen LogP contribution in [0.3, 0.4) is 0 Å². The summed E-state index contributed by atoms with van der Waals surface area (Å²) in [5.41, 5.74) is 2.38. The molecule has 174 valence electrons. The normalized spacial score (nSPS) is 41.6. The average molecular weight is 435 g/mol. The number of methoxy groups -OCH3 is 1. The van der Waals surface area contributed by atoms with Gasteiger partial charge in [-0.05, 0) is 136 Å². The van der Waals surface area contributed by atoms with Crippen molar-refractivity contribution in [3.05, 3.63) is 29.8 Å². The third-order valence-electron chi connectivity index (χ3n) is 10.6. The van der Waals surface area contributed by atoms with E-state index in [-0.39, 0.29) is 0 Å². The highest BCUT2D eigenvalue weighted by molar-refractivity contribution is 5.48. The van der Waals surface area contributed by atoms with Gasteiger partial charge in [-0.15, -0.1) is 0 Å². The van der Waals surface area contributed by atoms with Crippen LogP contribution in [0.25, 0.3) is 0 Å². The second-order valence-electron chi connectivity index (χ2n) is 11.9. The van der Waals surface area contributed by atoms with E-state index in [1.165, 1.54) is 57.8 Å². The van der Waals surface area contributed by atoms with E-state index in [4.69, 9.17) is 10.00 Å². The van der Waals surface area contributed by atoms with Crippen molar-refractivity contribution in [2.45, 2.75) is 77.7 Å². The predicted molar refractivity (Wildman–Crippen MR) is 130 cm³/mol. The fraction of sp³-hybridized carbons (Fsp3) is 0.759. The minimum Gasteiger partial charge on any atom is -0.384 e. The lowest BCUT2D eigenvalue weighted by molar-refractivity contribution is -0.0728. The zero-order valence-electron chi connectivity index (χ0n) is 20.4. The molecule has 32 heavy (non-hydrogen) atoms. The van der Waals surface area contributed by atoms with E-state index >= 15 is 0 Å². The lowest BCUT2D eigenvalue weighted by Gasteiger charge is -2.56. The molecule has 0 heterocycles. The fourth-order valence-electron chi connectivity index (χ4n) is 9.20. The monoisotopic (exact) mass is 434 g/mol. The number of fused-ring (bicyclic) bond motifs is 5. The first-order valence-corrected chi connectivity index (χ1v) is 13.3. The van der Waals surface area contributed by atoms with Gasteiger partial charge in [0.1, 0.15) is 0 Å². The topological polar surface area (TPSA) is 45.0 Å². The smallest absolute Gasteiger partial charge is 0.0991 e. The van der Waals surface area contributed by atoms with Crippen LogP contribution in [0.2, 0.25) is 0 Å². The number of nitrogens with one attached hydrogen (secondary N) is 1. The Morgan fingerprint density at radius 1 is 1.03 bits per heavy atom. The Morgan fingerprint density at radius 3 is 2.56 bits per heavy atom. The van der Waals surface area contributed by atoms with Gasteiger partial charge in [0.25, 0.3) is 0 Å². The molecule has 1 aromatic rings. The van der Waals surface area contributed by atoms with Crippen molar-refractivity contribution in [1.82, 2.24) is 0 Å². The number of anilines is 1. The Bertz CT molecular complexity index is 829. The summed E-state index contributed by atoms with van der Waals surface area (Å²) in [6, 6.07) is 10.7. The molecule has 0 bridgehead atoms. The quantitative estimate of drug-likeness (QED) is 0.549. The standard InChI is InChI=1S/C29H42N2O/c1-19(31-23-8-4-20(17-30)5-9-23)27-12-13-28-26-11-7-22-16-21(18-32-3)6-10-24(22)25(26)14-15-29(27,28)2/h4-5,8-9,19,21-22,24-28,31H,6-7,10-16,18H2,1-3H3/t19-,21+,22-,24+,25?,26-,27?,28?,29-/m1/s1. The highest BCUT2D eigenvalue weighted by Gasteiger charge is 2.57. The molecule has 3 nitrogen and oxygen atoms in total. The minimum atomic E-state index is 0.482. The predicted octanol–water partition coefficient (Wildman–Crippen LogP) is 6.89. The molecule has 0 amide bonds. The van der Waals surface area contributed by atoms with Crippen molar-refractivity contribution in [3.8, 4) is 6.07 Å². The molecule has 4 aliphatic carbocycles. The Kier molecular flexibility index (Phi) is 6.28. The summed E-state index contributed by atoms with van der Waals surface area (Å²) in [5, 5.41) is 12.9. The van der Waals surface area contributed by atoms with Crippen molar-refractivity contribution in [2.24, 2.45) is 46.8 Å². The third kappa shape index (κ3) is 3.87. The largest absolute Gasteiger partial charge is 0.384 e. The molecule has 4 aliphatic rings. The summed E-state index contributed by atoms with van der Waals surface area (Å²) in [5.74, 6) is 6.44. The van der Waals surface area contributed by atoms with Crippen LogP contribution < -0.4 is 5.32 Å². The SMILES string of the molecule is COC[C@H]1CC[C@@H]2C3CC[C@@]4(C)C(CCC4[C@@H](C)Nc4ccc(C#N)cc4)[C@@H]3CC[C@@H]2C1. The zero-order valence-corrected chi connectivity index (χ0v) is 20.4. The number of hydrogen-bond donors (Lipinski definition) is 1. The molecule has 0 aliphatic heterocycles. The van der Waals surface area contributed by atoms with E-state index in [0.717, 1.165) is 59.3 Å². The van der Waals surface area contributed by atoms with Crippen molar-refractivity contribution in [1.29, 1.82) is 5.26 Å². The molecule has 4 fully saturated rings. The van der Waals surface area contributed by atoms with E-state index in [1.807, 2.05) is 19.2 Å². The summed E-state index contributed by atoms with van der Waals surface area (Å²) in [6.07, 6.45) is 12.9. The van der Waals surface area contributed by atoms with Crippen LogP contribution >= 0.6 is 0 Å². The number of nitrogens with zero attached hydrogens (tertiary/aromatic N) is 1. The van der Waals surface area contributed by atoms with Crippen LogP contribution in [0.1, 0.15) is 77.2 Å². The summed E-state index contributed by atoms with van der Waals surface area (Å²) in [7, 11) is 1.87. The van der Waals surface area contributed by atoms with Crippen LogP contribution in [0.15, 0.2) is 24.3 Å². The van der Waals surface area contributed by atoms with Crippen LogP contribution in [-0.2, 0) is 4.74 Å². The van der Waals surface area contributed by atoms with Gasteiger partial charge < -0.3 is 10.1 Å². The van der Waals surface area contributed by atoms with Crippen LogP contribution in [-0.4, -0.2) is 19.8 Å². The van der Waals surface area contributed by atoms with E-state index < -0.39 is 0 Å². The molecule has 0 radical (unpaired) electrons. The summed E-state index contributed by atoms with van der Waals surface area (Å²) < 4.78 is 5.51. The van der Waals surface area contributed by atoms with Crippen molar-refractivity contribution in [3.63, 3.8) is 0 Å². The third-order valence-corrected chi connectivity index (χ3v) is 10.6. The van der Waals surface area contributed by atoms with Gasteiger partial charge in [0, 0.05) is 25.4 Å². The molecule has 1 N–H and O–H groups in total. The minimum absolute atomic E-state index is 0.482. The maximum absolute atomic E-state index is 9.07. The van der Waals surface area contributed by atoms with Gasteiger partial charge in [0.05, 0.1) is 11.6 Å². The van der Waals surface area contributed by atoms with Crippen molar-refractivity contribution >= 4 is 5.69 Å². The number of rotatable bonds is 5. The van der Waals surface area contributed by atoms with Crippen LogP contribution in [0.5, 0.6) is 0 Å². The molecule has 5 rings (SSSR count). The van der Waals surface area contributed by atoms with Gasteiger partial charge >= 0.3 is 0 Å². The Balaban J connectivity index is 1.26. The molecule has 3 heteroatoms. The first-order valence-electron chi connectivity index (χ1n) is 13.3. The van der Waals surface area contributed by atoms with Crippen molar-refractivity contribution in [2.75, 3.05) is 19.0 Å². The number of hydrogen-bond acceptors (Lipinski definition) is 3. The first kappa shape index (κ1) is 22.3. The van der Waals surface area contributed by atoms with Gasteiger partial charge in [-0.25, -0.2) is 0 Å². The lowest BCUT2D eigenvalue weighted by atomic mass is 9.49. The Hall–Kier alpha value is -1.53. The van der Waals surface area contributed by atoms with E-state index in [0.29, 0.717) is 11.5 Å². The van der Waals surface area contributed by atoms with Crippen molar-refractivity contribution < 1.29 is 4.74 Å². The molecule has 4 saturated carbocycles. The maximum Gasteiger partial charge on any atom is 0.0991 e. The van der Waals surface area contributed by atoms with Crippen LogP contribution in [0.4, 0.5) is 5.69 Å². The zero-order chi connectivity index (χ0) is 22.3. The van der Waals surface area contributed by atoms with Gasteiger partial charge in [0.2, 0.25) is 0 Å². The van der Waals surface area contributed by atoms with E-state index in [1.54, 1.807) is 0 Å². The van der Waals surface area contributed by atoms with Gasteiger partial charge in [-0.3, -0.25) is 0 Å². The highest BCUT2D eigenvalue weighted by Crippen LogP contribution is 2.65. The number of nitriles is 1. The maximum atomic E-state index is 9.07. The van der Waals surface area contributed by atoms with Gasteiger partial charge in [-0.1, -0.05) is 6.92 Å². The van der Waals surface area contributed by atoms with E-state index in [2.05, 4.69) is 37.4 Å². The fourth-order valence-corrected chi connectivity index (χ4v) is 9.20. The number of ether oxygens (including phenoxy) is 1. The van der Waals surface area contributed by atoms with E-state index in [9.17, 15) is 0 Å². The van der Waals surface area contributed by atoms with Gasteiger partial charge in [0.15, 0.2) is 0 Å². The summed E-state index contributed by atoms with van der Waals surface area (Å²) >= 11 is 0. The Morgan fingerprint density at radius 2 is 1.81 bits per heavy atom.